The fraction of sp³-hybridized carbons (Fsp3) is 0.680. The Morgan fingerprint density at radius 3 is 2.58 bits per heavy atom. The van der Waals surface area contributed by atoms with E-state index >= 15 is 0 Å². The van der Waals surface area contributed by atoms with Crippen LogP contribution in [0.2, 0.25) is 25.7 Å². The molecule has 1 aliphatic carbocycles. The van der Waals surface area contributed by atoms with Crippen LogP contribution in [0, 0.1) is 0 Å². The van der Waals surface area contributed by atoms with Crippen molar-refractivity contribution in [3.8, 4) is 11.4 Å². The second-order valence-electron chi connectivity index (χ2n) is 12.1. The fourth-order valence-electron chi connectivity index (χ4n) is 3.58. The maximum Gasteiger partial charge on any atom is 0.407 e. The molecule has 0 aromatic carbocycles. The lowest BCUT2D eigenvalue weighted by Crippen LogP contribution is -2.41. The van der Waals surface area contributed by atoms with Gasteiger partial charge in [-0.2, -0.15) is 0 Å². The number of ether oxygens (including phenoxy) is 2. The first-order valence-electron chi connectivity index (χ1n) is 12.6. The van der Waals surface area contributed by atoms with Gasteiger partial charge in [0, 0.05) is 38.9 Å². The number of alkyl carbamates (subject to hydrolysis) is 1. The SMILES string of the molecule is C[C@@H](CNc1nccc(-c2c(Br)nc(C3(C)CC3)n2COCC[Si](C)(C)C)n1)NC(=O)OC(C)(C)C. The van der Waals surface area contributed by atoms with Gasteiger partial charge in [-0.15, -0.1) is 0 Å². The zero-order valence-electron chi connectivity index (χ0n) is 22.9. The minimum Gasteiger partial charge on any atom is -0.444 e. The Morgan fingerprint density at radius 1 is 1.28 bits per heavy atom. The molecule has 200 valence electrons. The number of hydrogen-bond donors (Lipinski definition) is 2. The molecule has 2 N–H and O–H groups in total. The number of carbonyl (C=O) groups excluding carboxylic acids is 1. The summed E-state index contributed by atoms with van der Waals surface area (Å²) in [5.41, 5.74) is 1.17. The first kappa shape index (κ1) is 28.6. The zero-order valence-corrected chi connectivity index (χ0v) is 25.5. The van der Waals surface area contributed by atoms with E-state index in [0.717, 1.165) is 47.3 Å². The van der Waals surface area contributed by atoms with Gasteiger partial charge in [-0.1, -0.05) is 26.6 Å². The van der Waals surface area contributed by atoms with Crippen molar-refractivity contribution in [1.82, 2.24) is 24.8 Å². The summed E-state index contributed by atoms with van der Waals surface area (Å²) < 4.78 is 14.4. The molecule has 1 saturated carbocycles. The number of anilines is 1. The molecule has 0 unspecified atom stereocenters. The largest absolute Gasteiger partial charge is 0.444 e. The van der Waals surface area contributed by atoms with Crippen LogP contribution in [0.1, 0.15) is 53.3 Å². The highest BCUT2D eigenvalue weighted by Gasteiger charge is 2.44. The van der Waals surface area contributed by atoms with Crippen molar-refractivity contribution in [3.05, 3.63) is 22.7 Å². The summed E-state index contributed by atoms with van der Waals surface area (Å²) in [5, 5.41) is 6.04. The highest BCUT2D eigenvalue weighted by Crippen LogP contribution is 2.48. The van der Waals surface area contributed by atoms with E-state index in [1.807, 2.05) is 33.8 Å². The van der Waals surface area contributed by atoms with E-state index in [0.29, 0.717) is 19.2 Å². The summed E-state index contributed by atoms with van der Waals surface area (Å²) >= 11 is 3.68. The van der Waals surface area contributed by atoms with Crippen molar-refractivity contribution in [2.24, 2.45) is 0 Å². The molecule has 0 spiro atoms. The Labute approximate surface area is 224 Å². The minimum atomic E-state index is -1.18. The average Bonchev–Trinajstić information content (AvgIpc) is 3.39. The second kappa shape index (κ2) is 11.2. The van der Waals surface area contributed by atoms with Crippen LogP contribution in [0.5, 0.6) is 0 Å². The van der Waals surface area contributed by atoms with E-state index in [-0.39, 0.29) is 11.5 Å². The number of hydrogen-bond acceptors (Lipinski definition) is 7. The normalized spacial score (nSPS) is 15.9. The van der Waals surface area contributed by atoms with Gasteiger partial charge >= 0.3 is 6.09 Å². The molecule has 1 fully saturated rings. The molecule has 1 aliphatic rings. The van der Waals surface area contributed by atoms with Crippen molar-refractivity contribution in [2.75, 3.05) is 18.5 Å². The number of halogens is 1. The minimum absolute atomic E-state index is 0.0692. The van der Waals surface area contributed by atoms with Crippen LogP contribution in [0.3, 0.4) is 0 Å². The second-order valence-corrected chi connectivity index (χ2v) is 18.5. The van der Waals surface area contributed by atoms with Gasteiger partial charge in [-0.25, -0.2) is 19.7 Å². The number of carbonyl (C=O) groups is 1. The number of nitrogens with one attached hydrogen (secondary N) is 2. The molecule has 11 heteroatoms. The molecule has 0 saturated heterocycles. The maximum atomic E-state index is 12.0. The smallest absolute Gasteiger partial charge is 0.407 e. The van der Waals surface area contributed by atoms with Crippen molar-refractivity contribution in [2.45, 2.75) is 96.9 Å². The van der Waals surface area contributed by atoms with Crippen LogP contribution in [0.25, 0.3) is 11.4 Å². The van der Waals surface area contributed by atoms with Crippen molar-refractivity contribution >= 4 is 36.0 Å². The zero-order chi connectivity index (χ0) is 26.7. The van der Waals surface area contributed by atoms with Gasteiger partial charge in [0.05, 0.1) is 5.69 Å². The van der Waals surface area contributed by atoms with E-state index in [1.165, 1.54) is 0 Å². The highest BCUT2D eigenvalue weighted by molar-refractivity contribution is 9.10. The van der Waals surface area contributed by atoms with Crippen molar-refractivity contribution < 1.29 is 14.3 Å². The summed E-state index contributed by atoms with van der Waals surface area (Å²) in [6, 6.07) is 2.82. The van der Waals surface area contributed by atoms with E-state index in [9.17, 15) is 4.79 Å². The molecular weight excluding hydrogens is 540 g/mol. The van der Waals surface area contributed by atoms with Gasteiger partial charge in [0.25, 0.3) is 0 Å². The Kier molecular flexibility index (Phi) is 8.88. The first-order chi connectivity index (χ1) is 16.7. The Morgan fingerprint density at radius 2 is 1.97 bits per heavy atom. The maximum absolute atomic E-state index is 12.0. The average molecular weight is 582 g/mol. The lowest BCUT2D eigenvalue weighted by molar-refractivity contribution is 0.0511. The van der Waals surface area contributed by atoms with E-state index < -0.39 is 19.8 Å². The molecule has 1 amide bonds. The molecule has 0 aliphatic heterocycles. The van der Waals surface area contributed by atoms with Crippen LogP contribution in [-0.4, -0.2) is 58.5 Å². The number of aromatic nitrogens is 4. The lowest BCUT2D eigenvalue weighted by atomic mass is 10.1. The molecule has 1 atom stereocenters. The molecule has 2 heterocycles. The number of amides is 1. The summed E-state index contributed by atoms with van der Waals surface area (Å²) in [4.78, 5) is 26.0. The molecular formula is C25H41BrN6O3Si. The highest BCUT2D eigenvalue weighted by atomic mass is 79.9. The van der Waals surface area contributed by atoms with Crippen LogP contribution in [-0.2, 0) is 21.6 Å². The van der Waals surface area contributed by atoms with Crippen LogP contribution < -0.4 is 10.6 Å². The van der Waals surface area contributed by atoms with Crippen LogP contribution in [0.4, 0.5) is 10.7 Å². The molecule has 2 aromatic heterocycles. The number of nitrogens with zero attached hydrogens (tertiary/aromatic N) is 4. The first-order valence-corrected chi connectivity index (χ1v) is 17.1. The summed E-state index contributed by atoms with van der Waals surface area (Å²) in [6.07, 6.45) is 3.51. The van der Waals surface area contributed by atoms with Crippen molar-refractivity contribution in [1.29, 1.82) is 0 Å². The van der Waals surface area contributed by atoms with E-state index in [4.69, 9.17) is 19.4 Å². The number of rotatable bonds is 11. The monoisotopic (exact) mass is 580 g/mol. The fourth-order valence-corrected chi connectivity index (χ4v) is 4.92. The molecule has 2 aromatic rings. The van der Waals surface area contributed by atoms with Gasteiger partial charge in [-0.05, 0) is 68.6 Å². The molecule has 3 rings (SSSR count). The standard InChI is InChI=1S/C25H41BrN6O3Si/c1-17(29-23(33)35-24(2,3)4)15-28-22-27-12-9-18(30-22)19-20(26)31-21(25(5)10-11-25)32(19)16-34-13-14-36(6,7)8/h9,12,17H,10-11,13-16H2,1-8H3,(H,29,33)(H,27,28,30)/t17-/m0/s1. The summed E-state index contributed by atoms with van der Waals surface area (Å²) in [7, 11) is -1.18. The Hall–Kier alpha value is -1.98. The van der Waals surface area contributed by atoms with Crippen LogP contribution in [0.15, 0.2) is 16.9 Å². The van der Waals surface area contributed by atoms with Gasteiger partial charge in [0.1, 0.15) is 28.5 Å². The molecule has 0 radical (unpaired) electrons. The van der Waals surface area contributed by atoms with Gasteiger partial charge in [0.15, 0.2) is 0 Å². The number of imidazole rings is 1. The predicted molar refractivity (Wildman–Crippen MR) is 149 cm³/mol. The third kappa shape index (κ3) is 8.27. The molecule has 36 heavy (non-hydrogen) atoms. The van der Waals surface area contributed by atoms with Crippen molar-refractivity contribution in [3.63, 3.8) is 0 Å². The lowest BCUT2D eigenvalue weighted by Gasteiger charge is -2.22. The van der Waals surface area contributed by atoms with Gasteiger partial charge in [-0.3, -0.25) is 0 Å². The van der Waals surface area contributed by atoms with E-state index in [1.54, 1.807) is 6.20 Å². The molecule has 9 nitrogen and oxygen atoms in total. The topological polar surface area (TPSA) is 103 Å². The summed E-state index contributed by atoms with van der Waals surface area (Å²) in [5.74, 6) is 1.50. The van der Waals surface area contributed by atoms with E-state index in [2.05, 4.69) is 62.7 Å². The third-order valence-electron chi connectivity index (χ3n) is 5.91. The quantitative estimate of drug-likeness (QED) is 0.256. The molecule has 0 bridgehead atoms. The summed E-state index contributed by atoms with van der Waals surface area (Å²) in [6.45, 7) is 18.3. The third-order valence-corrected chi connectivity index (χ3v) is 8.17. The predicted octanol–water partition coefficient (Wildman–Crippen LogP) is 5.79. The Bertz CT molecular complexity index is 1060. The van der Waals surface area contributed by atoms with Crippen LogP contribution >= 0.6 is 15.9 Å². The Balaban J connectivity index is 1.73. The van der Waals surface area contributed by atoms with Gasteiger partial charge < -0.3 is 24.7 Å². The van der Waals surface area contributed by atoms with Gasteiger partial charge in [0.2, 0.25) is 5.95 Å².